The number of unbranched alkanes of at least 4 members (excludes halogenated alkanes) is 33. The van der Waals surface area contributed by atoms with Gasteiger partial charge < -0.3 is 14.2 Å². The first-order valence-electron chi connectivity index (χ1n) is 24.0. The van der Waals surface area contributed by atoms with E-state index in [2.05, 4.69) is 20.8 Å². The predicted octanol–water partition coefficient (Wildman–Crippen LogP) is 15.3. The summed E-state index contributed by atoms with van der Waals surface area (Å²) >= 11 is 0. The number of hydrogen-bond acceptors (Lipinski definition) is 6. The van der Waals surface area contributed by atoms with Crippen LogP contribution in [0.2, 0.25) is 0 Å². The molecule has 320 valence electrons. The van der Waals surface area contributed by atoms with Gasteiger partial charge in [-0.3, -0.25) is 14.4 Å². The van der Waals surface area contributed by atoms with Crippen molar-refractivity contribution in [1.82, 2.24) is 0 Å². The van der Waals surface area contributed by atoms with Crippen molar-refractivity contribution in [3.63, 3.8) is 0 Å². The maximum absolute atomic E-state index is 12.7. The zero-order chi connectivity index (χ0) is 39.4. The van der Waals surface area contributed by atoms with Crippen molar-refractivity contribution in [3.8, 4) is 0 Å². The van der Waals surface area contributed by atoms with Crippen LogP contribution in [0.1, 0.15) is 271 Å². The van der Waals surface area contributed by atoms with Crippen LogP contribution < -0.4 is 0 Å². The van der Waals surface area contributed by atoms with Gasteiger partial charge in [-0.1, -0.05) is 233 Å². The third kappa shape index (κ3) is 41.6. The fourth-order valence-corrected chi connectivity index (χ4v) is 7.21. The topological polar surface area (TPSA) is 78.9 Å². The van der Waals surface area contributed by atoms with E-state index < -0.39 is 6.10 Å². The lowest BCUT2D eigenvalue weighted by Crippen LogP contribution is -2.30. The summed E-state index contributed by atoms with van der Waals surface area (Å²) in [6.07, 6.45) is 45.3. The Kier molecular flexibility index (Phi) is 42.8. The molecule has 1 atom stereocenters. The highest BCUT2D eigenvalue weighted by Crippen LogP contribution is 2.16. The van der Waals surface area contributed by atoms with Crippen LogP contribution in [0, 0.1) is 0 Å². The van der Waals surface area contributed by atoms with E-state index in [0.717, 1.165) is 57.8 Å². The Hall–Kier alpha value is -1.59. The SMILES string of the molecule is CCCCCCCCCCCCCCCCCCCCC(=O)OCC(COC(=O)CCCCCCCCC)OC(=O)CCCCCCCCCCCCC. The molecule has 0 bridgehead atoms. The van der Waals surface area contributed by atoms with E-state index in [0.29, 0.717) is 19.3 Å². The molecule has 1 unspecified atom stereocenters. The molecule has 0 aliphatic rings. The van der Waals surface area contributed by atoms with Gasteiger partial charge in [0.05, 0.1) is 0 Å². The van der Waals surface area contributed by atoms with Gasteiger partial charge in [-0.2, -0.15) is 0 Å². The first kappa shape index (κ1) is 52.4. The van der Waals surface area contributed by atoms with Crippen LogP contribution >= 0.6 is 0 Å². The molecule has 54 heavy (non-hydrogen) atoms. The minimum atomic E-state index is -0.757. The largest absolute Gasteiger partial charge is 0.462 e. The summed E-state index contributed by atoms with van der Waals surface area (Å²) in [5.41, 5.74) is 0. The molecule has 0 aromatic heterocycles. The lowest BCUT2D eigenvalue weighted by Gasteiger charge is -2.18. The molecule has 0 amide bonds. The Morgan fingerprint density at radius 2 is 0.500 bits per heavy atom. The van der Waals surface area contributed by atoms with Crippen LogP contribution in [-0.2, 0) is 28.6 Å². The fraction of sp³-hybridized carbons (Fsp3) is 0.938. The van der Waals surface area contributed by atoms with E-state index >= 15 is 0 Å². The molecule has 0 aromatic rings. The highest BCUT2D eigenvalue weighted by molar-refractivity contribution is 5.71. The Morgan fingerprint density at radius 1 is 0.296 bits per heavy atom. The summed E-state index contributed by atoms with van der Waals surface area (Å²) in [5, 5.41) is 0. The summed E-state index contributed by atoms with van der Waals surface area (Å²) in [6, 6.07) is 0. The molecule has 0 saturated carbocycles. The Bertz CT molecular complexity index is 798. The summed E-state index contributed by atoms with van der Waals surface area (Å²) in [4.78, 5) is 37.6. The number of carbonyl (C=O) groups is 3. The number of carbonyl (C=O) groups excluding carboxylic acids is 3. The van der Waals surface area contributed by atoms with Crippen LogP contribution in [0.25, 0.3) is 0 Å². The molecule has 0 fully saturated rings. The molecule has 6 heteroatoms. The van der Waals surface area contributed by atoms with Crippen LogP contribution in [-0.4, -0.2) is 37.2 Å². The van der Waals surface area contributed by atoms with Gasteiger partial charge in [0.2, 0.25) is 0 Å². The average molecular weight is 765 g/mol. The minimum absolute atomic E-state index is 0.0629. The van der Waals surface area contributed by atoms with E-state index in [1.165, 1.54) is 173 Å². The second-order valence-corrected chi connectivity index (χ2v) is 16.4. The number of ether oxygens (including phenoxy) is 3. The minimum Gasteiger partial charge on any atom is -0.462 e. The lowest BCUT2D eigenvalue weighted by molar-refractivity contribution is -0.167. The zero-order valence-electron chi connectivity index (χ0n) is 36.5. The third-order valence-electron chi connectivity index (χ3n) is 10.9. The highest BCUT2D eigenvalue weighted by Gasteiger charge is 2.19. The molecule has 0 aliphatic heterocycles. The van der Waals surface area contributed by atoms with Crippen molar-refractivity contribution in [2.45, 2.75) is 277 Å². The Labute approximate surface area is 336 Å². The van der Waals surface area contributed by atoms with Crippen LogP contribution in [0.5, 0.6) is 0 Å². The van der Waals surface area contributed by atoms with Crippen molar-refractivity contribution in [2.75, 3.05) is 13.2 Å². The highest BCUT2D eigenvalue weighted by atomic mass is 16.6. The van der Waals surface area contributed by atoms with Crippen LogP contribution in [0.15, 0.2) is 0 Å². The number of rotatable bonds is 44. The summed E-state index contributed by atoms with van der Waals surface area (Å²) in [5.74, 6) is -0.856. The molecule has 0 aromatic carbocycles. The normalized spacial score (nSPS) is 11.8. The molecule has 0 spiro atoms. The number of esters is 3. The maximum atomic E-state index is 12.7. The molecule has 0 saturated heterocycles. The molecule has 6 nitrogen and oxygen atoms in total. The van der Waals surface area contributed by atoms with Crippen molar-refractivity contribution < 1.29 is 28.6 Å². The molecule has 0 rings (SSSR count). The second kappa shape index (κ2) is 44.1. The van der Waals surface area contributed by atoms with Gasteiger partial charge >= 0.3 is 17.9 Å². The van der Waals surface area contributed by atoms with E-state index in [9.17, 15) is 14.4 Å². The smallest absolute Gasteiger partial charge is 0.306 e. The second-order valence-electron chi connectivity index (χ2n) is 16.4. The van der Waals surface area contributed by atoms with Gasteiger partial charge in [-0.25, -0.2) is 0 Å². The van der Waals surface area contributed by atoms with Gasteiger partial charge in [-0.05, 0) is 19.3 Å². The summed E-state index contributed by atoms with van der Waals surface area (Å²) in [6.45, 7) is 6.62. The fourth-order valence-electron chi connectivity index (χ4n) is 7.21. The van der Waals surface area contributed by atoms with E-state index in [-0.39, 0.29) is 31.1 Å². The Balaban J connectivity index is 4.17. The van der Waals surface area contributed by atoms with Crippen LogP contribution in [0.3, 0.4) is 0 Å². The monoisotopic (exact) mass is 765 g/mol. The zero-order valence-corrected chi connectivity index (χ0v) is 36.5. The quantitative estimate of drug-likeness (QED) is 0.0349. The average Bonchev–Trinajstić information content (AvgIpc) is 3.17. The lowest BCUT2D eigenvalue weighted by atomic mass is 10.0. The maximum Gasteiger partial charge on any atom is 0.306 e. The van der Waals surface area contributed by atoms with Crippen molar-refractivity contribution in [3.05, 3.63) is 0 Å². The molecule has 0 heterocycles. The first-order chi connectivity index (χ1) is 26.5. The van der Waals surface area contributed by atoms with Crippen LogP contribution in [0.4, 0.5) is 0 Å². The first-order valence-corrected chi connectivity index (χ1v) is 24.0. The molecule has 0 N–H and O–H groups in total. The molecular formula is C48H92O6. The van der Waals surface area contributed by atoms with Crippen molar-refractivity contribution in [1.29, 1.82) is 0 Å². The van der Waals surface area contributed by atoms with E-state index in [1.807, 2.05) is 0 Å². The predicted molar refractivity (Wildman–Crippen MR) is 229 cm³/mol. The third-order valence-corrected chi connectivity index (χ3v) is 10.9. The summed E-state index contributed by atoms with van der Waals surface area (Å²) < 4.78 is 16.7. The Morgan fingerprint density at radius 3 is 0.741 bits per heavy atom. The van der Waals surface area contributed by atoms with E-state index in [4.69, 9.17) is 14.2 Å². The van der Waals surface area contributed by atoms with Gasteiger partial charge in [0, 0.05) is 19.3 Å². The molecular weight excluding hydrogens is 673 g/mol. The number of hydrogen-bond donors (Lipinski definition) is 0. The van der Waals surface area contributed by atoms with Gasteiger partial charge in [0.1, 0.15) is 13.2 Å². The van der Waals surface area contributed by atoms with E-state index in [1.54, 1.807) is 0 Å². The van der Waals surface area contributed by atoms with Gasteiger partial charge in [0.25, 0.3) is 0 Å². The van der Waals surface area contributed by atoms with Gasteiger partial charge in [0.15, 0.2) is 6.10 Å². The van der Waals surface area contributed by atoms with Gasteiger partial charge in [-0.15, -0.1) is 0 Å². The van der Waals surface area contributed by atoms with Crippen molar-refractivity contribution >= 4 is 17.9 Å². The van der Waals surface area contributed by atoms with Crippen molar-refractivity contribution in [2.24, 2.45) is 0 Å². The molecule has 0 radical (unpaired) electrons. The molecule has 0 aliphatic carbocycles. The standard InChI is InChI=1S/C48H92O6/c1-4-7-10-13-16-18-20-21-22-23-24-25-26-28-29-32-35-38-41-47(50)53-44-45(43-52-46(49)40-37-34-31-15-12-9-6-3)54-48(51)42-39-36-33-30-27-19-17-14-11-8-5-2/h45H,4-44H2,1-3H3. The summed E-state index contributed by atoms with van der Waals surface area (Å²) in [7, 11) is 0.